The van der Waals surface area contributed by atoms with Crippen LogP contribution in [0.5, 0.6) is 5.75 Å². The molecule has 1 saturated heterocycles. The molecular weight excluding hydrogens is 402 g/mol. The molecule has 1 atom stereocenters. The van der Waals surface area contributed by atoms with Crippen molar-refractivity contribution in [2.24, 2.45) is 5.92 Å². The van der Waals surface area contributed by atoms with Crippen molar-refractivity contribution in [3.8, 4) is 5.75 Å². The molecule has 0 radical (unpaired) electrons. The molecule has 6 nitrogen and oxygen atoms in total. The Kier molecular flexibility index (Phi) is 6.13. The zero-order valence-electron chi connectivity index (χ0n) is 17.2. The summed E-state index contributed by atoms with van der Waals surface area (Å²) in [7, 11) is 0. The molecule has 1 aliphatic heterocycles. The number of fused-ring (bicyclic) bond motifs is 1. The number of benzene rings is 1. The number of hydrogen-bond donors (Lipinski definition) is 1. The molecule has 4 rings (SSSR count). The first kappa shape index (κ1) is 20.5. The number of piperidine rings is 1. The average molecular weight is 428 g/mol. The first-order chi connectivity index (χ1) is 14.5. The number of halogens is 1. The maximum atomic E-state index is 12.8. The molecule has 30 heavy (non-hydrogen) atoms. The van der Waals surface area contributed by atoms with Crippen molar-refractivity contribution >= 4 is 34.3 Å². The third-order valence-electron chi connectivity index (χ3n) is 5.51. The summed E-state index contributed by atoms with van der Waals surface area (Å²) < 4.78 is 11.7. The van der Waals surface area contributed by atoms with Crippen LogP contribution in [0.15, 0.2) is 47.0 Å². The van der Waals surface area contributed by atoms with E-state index in [4.69, 9.17) is 20.8 Å². The van der Waals surface area contributed by atoms with Gasteiger partial charge < -0.3 is 19.4 Å². The topological polar surface area (TPSA) is 67.6 Å². The fourth-order valence-electron chi connectivity index (χ4n) is 3.87. The van der Waals surface area contributed by atoms with Crippen LogP contribution in [0, 0.1) is 5.92 Å². The van der Waals surface area contributed by atoms with Crippen molar-refractivity contribution in [1.29, 1.82) is 0 Å². The number of pyridine rings is 1. The van der Waals surface area contributed by atoms with Crippen LogP contribution in [0.1, 0.15) is 38.5 Å². The van der Waals surface area contributed by atoms with Crippen molar-refractivity contribution in [1.82, 2.24) is 10.3 Å². The van der Waals surface area contributed by atoms with Crippen LogP contribution in [0.4, 0.5) is 5.82 Å². The lowest BCUT2D eigenvalue weighted by Crippen LogP contribution is -2.41. The molecule has 0 saturated carbocycles. The number of amides is 1. The van der Waals surface area contributed by atoms with E-state index >= 15 is 0 Å². The molecule has 3 aromatic rings. The van der Waals surface area contributed by atoms with E-state index in [-0.39, 0.29) is 17.9 Å². The number of nitrogens with zero attached hydrogens (tertiary/aromatic N) is 2. The van der Waals surface area contributed by atoms with Crippen molar-refractivity contribution in [2.45, 2.75) is 32.7 Å². The molecule has 1 N–H and O–H groups in total. The van der Waals surface area contributed by atoms with Gasteiger partial charge in [0, 0.05) is 30.6 Å². The molecule has 1 aromatic carbocycles. The molecule has 158 valence electrons. The number of aromatic nitrogens is 1. The molecule has 3 heterocycles. The standard InChI is InChI=1S/C23H26ClN3O3/c1-3-29-19-6-4-5-17-13-20(30-22(17)19)15(2)26-23(28)16-9-11-27(12-10-16)21-8-7-18(24)14-25-21/h4-8,13-16H,3,9-12H2,1-2H3,(H,26,28). The van der Waals surface area contributed by atoms with Crippen LogP contribution < -0.4 is 15.0 Å². The number of nitrogens with one attached hydrogen (secondary N) is 1. The van der Waals surface area contributed by atoms with Gasteiger partial charge in [-0.2, -0.15) is 0 Å². The second kappa shape index (κ2) is 8.96. The first-order valence-corrected chi connectivity index (χ1v) is 10.7. The number of para-hydroxylation sites is 1. The number of rotatable bonds is 6. The molecular formula is C23H26ClN3O3. The molecule has 1 amide bonds. The van der Waals surface area contributed by atoms with Gasteiger partial charge in [0.1, 0.15) is 11.6 Å². The van der Waals surface area contributed by atoms with Gasteiger partial charge in [0.25, 0.3) is 0 Å². The number of furan rings is 1. The van der Waals surface area contributed by atoms with Gasteiger partial charge in [-0.15, -0.1) is 0 Å². The molecule has 7 heteroatoms. The van der Waals surface area contributed by atoms with Gasteiger partial charge >= 0.3 is 0 Å². The fourth-order valence-corrected chi connectivity index (χ4v) is 3.98. The Labute approximate surface area is 181 Å². The minimum Gasteiger partial charge on any atom is -0.490 e. The van der Waals surface area contributed by atoms with E-state index in [0.29, 0.717) is 11.6 Å². The van der Waals surface area contributed by atoms with Gasteiger partial charge in [-0.25, -0.2) is 4.98 Å². The maximum absolute atomic E-state index is 12.8. The smallest absolute Gasteiger partial charge is 0.223 e. The highest BCUT2D eigenvalue weighted by Gasteiger charge is 2.27. The number of carbonyl (C=O) groups is 1. The van der Waals surface area contributed by atoms with E-state index in [9.17, 15) is 4.79 Å². The lowest BCUT2D eigenvalue weighted by atomic mass is 9.95. The lowest BCUT2D eigenvalue weighted by molar-refractivity contribution is -0.126. The quantitative estimate of drug-likeness (QED) is 0.601. The summed E-state index contributed by atoms with van der Waals surface area (Å²) in [6, 6.07) is 11.3. The summed E-state index contributed by atoms with van der Waals surface area (Å²) in [4.78, 5) is 19.4. The highest BCUT2D eigenvalue weighted by atomic mass is 35.5. The molecule has 0 bridgehead atoms. The number of anilines is 1. The van der Waals surface area contributed by atoms with Crippen LogP contribution in [0.3, 0.4) is 0 Å². The van der Waals surface area contributed by atoms with Crippen LogP contribution >= 0.6 is 11.6 Å². The van der Waals surface area contributed by atoms with Crippen LogP contribution in [0.25, 0.3) is 11.0 Å². The molecule has 1 aliphatic rings. The predicted octanol–water partition coefficient (Wildman–Crippen LogP) is 4.97. The van der Waals surface area contributed by atoms with Crippen molar-refractivity contribution < 1.29 is 13.9 Å². The van der Waals surface area contributed by atoms with Crippen molar-refractivity contribution in [2.75, 3.05) is 24.6 Å². The van der Waals surface area contributed by atoms with E-state index < -0.39 is 0 Å². The Bertz CT molecular complexity index is 1010. The average Bonchev–Trinajstić information content (AvgIpc) is 3.20. The van der Waals surface area contributed by atoms with Gasteiger partial charge in [-0.1, -0.05) is 23.7 Å². The molecule has 0 spiro atoms. The minimum atomic E-state index is -0.213. The summed E-state index contributed by atoms with van der Waals surface area (Å²) in [5.41, 5.74) is 0.722. The Morgan fingerprint density at radius 1 is 1.33 bits per heavy atom. The van der Waals surface area contributed by atoms with Gasteiger partial charge in [-0.05, 0) is 51.0 Å². The summed E-state index contributed by atoms with van der Waals surface area (Å²) >= 11 is 5.92. The highest BCUT2D eigenvalue weighted by Crippen LogP contribution is 2.31. The Hall–Kier alpha value is -2.73. The monoisotopic (exact) mass is 427 g/mol. The molecule has 1 fully saturated rings. The van der Waals surface area contributed by atoms with E-state index in [2.05, 4.69) is 15.2 Å². The van der Waals surface area contributed by atoms with Gasteiger partial charge in [0.05, 0.1) is 17.7 Å². The van der Waals surface area contributed by atoms with E-state index in [1.165, 1.54) is 0 Å². The zero-order valence-corrected chi connectivity index (χ0v) is 18.0. The summed E-state index contributed by atoms with van der Waals surface area (Å²) in [6.07, 6.45) is 3.23. The van der Waals surface area contributed by atoms with E-state index in [1.807, 2.05) is 50.2 Å². The summed E-state index contributed by atoms with van der Waals surface area (Å²) in [6.45, 7) is 6.06. The Balaban J connectivity index is 1.36. The van der Waals surface area contributed by atoms with Crippen LogP contribution in [-0.2, 0) is 4.79 Å². The zero-order chi connectivity index (χ0) is 21.1. The molecule has 2 aromatic heterocycles. The fraction of sp³-hybridized carbons (Fsp3) is 0.391. The van der Waals surface area contributed by atoms with E-state index in [1.54, 1.807) is 6.20 Å². The third-order valence-corrected chi connectivity index (χ3v) is 5.74. The number of carbonyl (C=O) groups excluding carboxylic acids is 1. The van der Waals surface area contributed by atoms with Crippen molar-refractivity contribution in [3.63, 3.8) is 0 Å². The summed E-state index contributed by atoms with van der Waals surface area (Å²) in [5, 5.41) is 4.71. The van der Waals surface area contributed by atoms with Gasteiger partial charge in [-0.3, -0.25) is 4.79 Å². The second-order valence-electron chi connectivity index (χ2n) is 7.58. The second-order valence-corrected chi connectivity index (χ2v) is 8.02. The first-order valence-electron chi connectivity index (χ1n) is 10.4. The summed E-state index contributed by atoms with van der Waals surface area (Å²) in [5.74, 6) is 2.41. The third kappa shape index (κ3) is 4.38. The molecule has 1 unspecified atom stereocenters. The van der Waals surface area contributed by atoms with Crippen LogP contribution in [-0.4, -0.2) is 30.6 Å². The maximum Gasteiger partial charge on any atom is 0.223 e. The van der Waals surface area contributed by atoms with Crippen molar-refractivity contribution in [3.05, 3.63) is 53.4 Å². The predicted molar refractivity (Wildman–Crippen MR) is 118 cm³/mol. The van der Waals surface area contributed by atoms with Gasteiger partial charge in [0.2, 0.25) is 5.91 Å². The lowest BCUT2D eigenvalue weighted by Gasteiger charge is -2.32. The number of ether oxygens (including phenoxy) is 1. The Morgan fingerprint density at radius 3 is 2.83 bits per heavy atom. The Morgan fingerprint density at radius 2 is 2.13 bits per heavy atom. The van der Waals surface area contributed by atoms with Gasteiger partial charge in [0.15, 0.2) is 11.3 Å². The SMILES string of the molecule is CCOc1cccc2cc(C(C)NC(=O)C3CCN(c4ccc(Cl)cn4)CC3)oc12. The highest BCUT2D eigenvalue weighted by molar-refractivity contribution is 6.30. The van der Waals surface area contributed by atoms with Crippen LogP contribution in [0.2, 0.25) is 5.02 Å². The number of hydrogen-bond acceptors (Lipinski definition) is 5. The molecule has 0 aliphatic carbocycles. The normalized spacial score (nSPS) is 15.9. The van der Waals surface area contributed by atoms with E-state index in [0.717, 1.165) is 54.2 Å². The largest absolute Gasteiger partial charge is 0.490 e. The minimum absolute atomic E-state index is 0.0145.